The average molecular weight is 549 g/mol. The number of benzene rings is 2. The van der Waals surface area contributed by atoms with Crippen LogP contribution in [-0.2, 0) is 5.41 Å². The molecular weight excluding hydrogens is 516 g/mol. The first-order valence-corrected chi connectivity index (χ1v) is 15.2. The first-order valence-electron chi connectivity index (χ1n) is 15.2. The van der Waals surface area contributed by atoms with E-state index in [0.29, 0.717) is 11.8 Å². The molecular formula is C37H32N4O. The van der Waals surface area contributed by atoms with Crippen molar-refractivity contribution in [3.05, 3.63) is 115 Å². The number of pyridine rings is 3. The van der Waals surface area contributed by atoms with Crippen molar-refractivity contribution >= 4 is 11.4 Å². The first kappa shape index (κ1) is 24.1. The van der Waals surface area contributed by atoms with Gasteiger partial charge in [0.05, 0.1) is 22.8 Å². The van der Waals surface area contributed by atoms with Crippen molar-refractivity contribution in [2.75, 3.05) is 4.90 Å². The van der Waals surface area contributed by atoms with E-state index in [1.807, 2.05) is 36.9 Å². The molecule has 0 saturated heterocycles. The van der Waals surface area contributed by atoms with Crippen LogP contribution >= 0.6 is 0 Å². The van der Waals surface area contributed by atoms with Gasteiger partial charge in [-0.25, -0.2) is 4.98 Å². The van der Waals surface area contributed by atoms with Gasteiger partial charge < -0.3 is 9.64 Å². The number of aromatic nitrogens is 3. The summed E-state index contributed by atoms with van der Waals surface area (Å²) in [5.41, 5.74) is 8.04. The molecule has 5 aromatic rings. The third-order valence-electron chi connectivity index (χ3n) is 10.3. The predicted octanol–water partition coefficient (Wildman–Crippen LogP) is 8.74. The summed E-state index contributed by atoms with van der Waals surface area (Å²) in [4.78, 5) is 16.7. The van der Waals surface area contributed by atoms with Crippen molar-refractivity contribution in [2.24, 2.45) is 11.8 Å². The van der Waals surface area contributed by atoms with E-state index >= 15 is 0 Å². The van der Waals surface area contributed by atoms with Crippen LogP contribution < -0.4 is 9.64 Å². The second-order valence-electron chi connectivity index (χ2n) is 12.9. The molecule has 2 aromatic carbocycles. The Balaban J connectivity index is 1.22. The van der Waals surface area contributed by atoms with Crippen LogP contribution in [0.2, 0.25) is 0 Å². The lowest BCUT2D eigenvalue weighted by Gasteiger charge is -2.66. The topological polar surface area (TPSA) is 51.1 Å². The maximum atomic E-state index is 6.45. The number of rotatable bonds is 4. The van der Waals surface area contributed by atoms with Crippen molar-refractivity contribution in [1.82, 2.24) is 15.0 Å². The number of para-hydroxylation sites is 4. The maximum Gasteiger partial charge on any atom is 0.151 e. The van der Waals surface area contributed by atoms with Gasteiger partial charge in [0.2, 0.25) is 0 Å². The minimum Gasteiger partial charge on any atom is -0.453 e. The number of hydrogen-bond donors (Lipinski definition) is 0. The smallest absolute Gasteiger partial charge is 0.151 e. The fourth-order valence-electron chi connectivity index (χ4n) is 9.19. The van der Waals surface area contributed by atoms with Crippen LogP contribution in [0.25, 0.3) is 22.5 Å². The fourth-order valence-corrected chi connectivity index (χ4v) is 9.19. The summed E-state index contributed by atoms with van der Waals surface area (Å²) < 4.78 is 6.45. The molecule has 10 rings (SSSR count). The minimum atomic E-state index is 0.0340. The molecule has 2 unspecified atom stereocenters. The Hall–Kier alpha value is -4.51. The van der Waals surface area contributed by atoms with Crippen molar-refractivity contribution in [2.45, 2.75) is 49.5 Å². The van der Waals surface area contributed by atoms with Gasteiger partial charge in [0.1, 0.15) is 0 Å². The third kappa shape index (κ3) is 3.65. The number of fused-ring (bicyclic) bond motifs is 2. The van der Waals surface area contributed by atoms with Crippen molar-refractivity contribution < 1.29 is 4.74 Å². The highest BCUT2D eigenvalue weighted by Gasteiger charge is 2.61. The van der Waals surface area contributed by atoms with Crippen molar-refractivity contribution in [3.8, 4) is 34.0 Å². The lowest BCUT2D eigenvalue weighted by molar-refractivity contribution is -0.0229. The Morgan fingerprint density at radius 2 is 1.24 bits per heavy atom. The first-order chi connectivity index (χ1) is 20.7. The van der Waals surface area contributed by atoms with Crippen molar-refractivity contribution in [1.29, 1.82) is 0 Å². The molecule has 206 valence electrons. The molecule has 0 amide bonds. The fraction of sp³-hybridized carbons (Fsp3) is 0.270. The molecule has 0 spiro atoms. The zero-order valence-corrected chi connectivity index (χ0v) is 23.5. The Morgan fingerprint density at radius 3 is 1.79 bits per heavy atom. The highest BCUT2D eigenvalue weighted by molar-refractivity contribution is 5.80. The van der Waals surface area contributed by atoms with Crippen molar-refractivity contribution in [3.63, 3.8) is 0 Å². The standard InChI is InChI=1S/C37H32N4O/c1-3-11-34-32(9-1)41(33-10-2-4-12-35(33)42-34)37-20-25-15-26(21-37)19-36(18-25,24-37)29-16-30(27-7-5-13-38-22-27)40-31(17-29)28-8-6-14-39-23-28/h1-14,16-17,22-23,25-26H,15,18-21,24H2. The molecule has 0 N–H and O–H groups in total. The van der Waals surface area contributed by atoms with E-state index in [0.717, 1.165) is 40.4 Å². The van der Waals surface area contributed by atoms with Crippen LogP contribution in [0, 0.1) is 11.8 Å². The monoisotopic (exact) mass is 548 g/mol. The Morgan fingerprint density at radius 1 is 0.667 bits per heavy atom. The molecule has 0 radical (unpaired) electrons. The Labute approximate surface area is 246 Å². The molecule has 4 fully saturated rings. The lowest BCUT2D eigenvalue weighted by atomic mass is 9.45. The largest absolute Gasteiger partial charge is 0.453 e. The molecule has 4 aliphatic carbocycles. The van der Waals surface area contributed by atoms with Crippen LogP contribution in [0.3, 0.4) is 0 Å². The second kappa shape index (κ2) is 8.99. The van der Waals surface area contributed by atoms with E-state index < -0.39 is 0 Å². The highest BCUT2D eigenvalue weighted by Crippen LogP contribution is 2.67. The molecule has 1 aliphatic heterocycles. The second-order valence-corrected chi connectivity index (χ2v) is 12.9. The molecule has 4 saturated carbocycles. The number of anilines is 2. The van der Waals surface area contributed by atoms with Gasteiger partial charge in [0.25, 0.3) is 0 Å². The molecule has 42 heavy (non-hydrogen) atoms. The van der Waals surface area contributed by atoms with E-state index in [9.17, 15) is 0 Å². The zero-order valence-electron chi connectivity index (χ0n) is 23.5. The molecule has 5 nitrogen and oxygen atoms in total. The van der Waals surface area contributed by atoms with E-state index in [1.54, 1.807) is 0 Å². The zero-order chi connectivity index (χ0) is 27.7. The quantitative estimate of drug-likeness (QED) is 0.225. The van der Waals surface area contributed by atoms with Gasteiger partial charge in [-0.15, -0.1) is 0 Å². The van der Waals surface area contributed by atoms with Crippen LogP contribution in [0.1, 0.15) is 44.1 Å². The van der Waals surface area contributed by atoms with Crippen LogP contribution in [0.5, 0.6) is 11.5 Å². The summed E-state index contributed by atoms with van der Waals surface area (Å²) in [6.45, 7) is 0. The summed E-state index contributed by atoms with van der Waals surface area (Å²) in [5.74, 6) is 3.32. The van der Waals surface area contributed by atoms with Gasteiger partial charge in [0, 0.05) is 41.5 Å². The van der Waals surface area contributed by atoms with Gasteiger partial charge in [-0.1, -0.05) is 24.3 Å². The van der Waals surface area contributed by atoms with E-state index in [4.69, 9.17) is 9.72 Å². The Bertz CT molecular complexity index is 1690. The maximum absolute atomic E-state index is 6.45. The van der Waals surface area contributed by atoms with Gasteiger partial charge in [-0.05, 0) is 122 Å². The molecule has 2 atom stereocenters. The lowest BCUT2D eigenvalue weighted by Crippen LogP contribution is -2.63. The van der Waals surface area contributed by atoms with E-state index in [1.165, 1.54) is 49.0 Å². The number of ether oxygens (including phenoxy) is 1. The van der Waals surface area contributed by atoms with Crippen LogP contribution in [-0.4, -0.2) is 20.5 Å². The van der Waals surface area contributed by atoms with Crippen LogP contribution in [0.4, 0.5) is 11.4 Å². The SMILES string of the molecule is c1cncc(-c2cc(C34CC5CC(C3)CC(N3c6ccccc6Oc6ccccc63)(C5)C4)cc(-c3cccnc3)n2)c1. The third-order valence-corrected chi connectivity index (χ3v) is 10.3. The summed E-state index contributed by atoms with van der Waals surface area (Å²) in [6, 6.07) is 30.2. The normalized spacial score (nSPS) is 26.8. The Kier molecular flexibility index (Phi) is 5.17. The molecule has 3 aromatic heterocycles. The summed E-state index contributed by atoms with van der Waals surface area (Å²) in [6.07, 6.45) is 14.9. The van der Waals surface area contributed by atoms with E-state index in [2.05, 4.69) is 87.7 Å². The van der Waals surface area contributed by atoms with Gasteiger partial charge in [-0.2, -0.15) is 0 Å². The van der Waals surface area contributed by atoms with Gasteiger partial charge in [0.15, 0.2) is 11.5 Å². The highest BCUT2D eigenvalue weighted by atomic mass is 16.5. The average Bonchev–Trinajstić information content (AvgIpc) is 3.03. The van der Waals surface area contributed by atoms with E-state index in [-0.39, 0.29) is 11.0 Å². The molecule has 5 aliphatic rings. The summed E-state index contributed by atoms with van der Waals surface area (Å²) >= 11 is 0. The van der Waals surface area contributed by atoms with Gasteiger partial charge in [-0.3, -0.25) is 9.97 Å². The molecule has 5 heteroatoms. The number of hydrogen-bond acceptors (Lipinski definition) is 5. The molecule has 4 bridgehead atoms. The minimum absolute atomic E-state index is 0.0340. The van der Waals surface area contributed by atoms with Gasteiger partial charge >= 0.3 is 0 Å². The van der Waals surface area contributed by atoms with Crippen LogP contribution in [0.15, 0.2) is 110 Å². The summed E-state index contributed by atoms with van der Waals surface area (Å²) in [7, 11) is 0. The predicted molar refractivity (Wildman–Crippen MR) is 165 cm³/mol. The summed E-state index contributed by atoms with van der Waals surface area (Å²) in [5, 5.41) is 0. The number of nitrogens with zero attached hydrogens (tertiary/aromatic N) is 4. The molecule has 4 heterocycles.